The number of nitrogens with zero attached hydrogens (tertiary/aromatic N) is 2. The van der Waals surface area contributed by atoms with Gasteiger partial charge in [-0.1, -0.05) is 24.3 Å². The van der Waals surface area contributed by atoms with Gasteiger partial charge in [-0.3, -0.25) is 14.9 Å². The van der Waals surface area contributed by atoms with Crippen LogP contribution in [-0.4, -0.2) is 66.7 Å². The number of carbonyl (C=O) groups is 2. The molecule has 2 rings (SSSR count). The van der Waals surface area contributed by atoms with Crippen molar-refractivity contribution in [1.29, 1.82) is 0 Å². The van der Waals surface area contributed by atoms with Crippen molar-refractivity contribution in [3.8, 4) is 0 Å². The van der Waals surface area contributed by atoms with E-state index in [0.29, 0.717) is 12.0 Å². The largest absolute Gasteiger partial charge is 0.376 e. The Bertz CT molecular complexity index is 889. The van der Waals surface area contributed by atoms with Crippen molar-refractivity contribution in [1.82, 2.24) is 15.1 Å². The van der Waals surface area contributed by atoms with Crippen LogP contribution in [0.15, 0.2) is 48.5 Å². The molecule has 0 bridgehead atoms. The second kappa shape index (κ2) is 11.0. The highest BCUT2D eigenvalue weighted by Crippen LogP contribution is 2.15. The van der Waals surface area contributed by atoms with Crippen molar-refractivity contribution in [3.05, 3.63) is 71.0 Å². The Morgan fingerprint density at radius 1 is 1.16 bits per heavy atom. The van der Waals surface area contributed by atoms with Gasteiger partial charge >= 0.3 is 0 Å². The highest BCUT2D eigenvalue weighted by atomic mass is 19.1. The summed E-state index contributed by atoms with van der Waals surface area (Å²) < 4.78 is 13.2. The molecule has 31 heavy (non-hydrogen) atoms. The molecule has 2 amide bonds. The van der Waals surface area contributed by atoms with Crippen LogP contribution in [-0.2, 0) is 11.2 Å². The van der Waals surface area contributed by atoms with Gasteiger partial charge in [0.25, 0.3) is 5.91 Å². The van der Waals surface area contributed by atoms with E-state index in [1.807, 2.05) is 13.0 Å². The molecule has 7 nitrogen and oxygen atoms in total. The molecule has 2 aromatic rings. The first-order valence-electron chi connectivity index (χ1n) is 10.1. The topological polar surface area (TPSA) is 98.9 Å². The van der Waals surface area contributed by atoms with Gasteiger partial charge in [0.1, 0.15) is 12.0 Å². The molecule has 0 aliphatic heterocycles. The fraction of sp³-hybridized carbons (Fsp3) is 0.391. The van der Waals surface area contributed by atoms with E-state index in [1.165, 1.54) is 21.9 Å². The number of aliphatic hydroxyl groups excluding tert-OH is 1. The van der Waals surface area contributed by atoms with E-state index in [0.717, 1.165) is 11.1 Å². The molecule has 0 radical (unpaired) electrons. The van der Waals surface area contributed by atoms with Crippen LogP contribution in [0.25, 0.3) is 0 Å². The number of nitrogens with two attached hydrogens (primary N) is 1. The summed E-state index contributed by atoms with van der Waals surface area (Å²) in [4.78, 5) is 28.4. The highest BCUT2D eigenvalue weighted by molar-refractivity contribution is 5.96. The van der Waals surface area contributed by atoms with Crippen LogP contribution in [0.3, 0.4) is 0 Å². The summed E-state index contributed by atoms with van der Waals surface area (Å²) in [6.45, 7) is 1.67. The number of carbonyl (C=O) groups excluding carboxylic acids is 2. The zero-order valence-electron chi connectivity index (χ0n) is 18.4. The average molecular weight is 431 g/mol. The Labute approximate surface area is 182 Å². The number of rotatable bonds is 9. The third kappa shape index (κ3) is 6.58. The maximum Gasteiger partial charge on any atom is 0.254 e. The molecule has 0 aromatic heterocycles. The Hall–Kier alpha value is -2.81. The van der Waals surface area contributed by atoms with Gasteiger partial charge in [0.15, 0.2) is 0 Å². The number of likely N-dealkylation sites (N-methyl/N-ethyl adjacent to an activating group) is 3. The van der Waals surface area contributed by atoms with Crippen molar-refractivity contribution in [2.45, 2.75) is 31.7 Å². The lowest BCUT2D eigenvalue weighted by Gasteiger charge is -2.33. The number of hydrogen-bond acceptors (Lipinski definition) is 5. The van der Waals surface area contributed by atoms with Crippen LogP contribution >= 0.6 is 0 Å². The van der Waals surface area contributed by atoms with Crippen LogP contribution < -0.4 is 11.1 Å². The third-order valence-electron chi connectivity index (χ3n) is 5.29. The highest BCUT2D eigenvalue weighted by Gasteiger charge is 2.28. The van der Waals surface area contributed by atoms with Crippen molar-refractivity contribution >= 4 is 11.8 Å². The quantitative estimate of drug-likeness (QED) is 0.524. The molecule has 0 spiro atoms. The van der Waals surface area contributed by atoms with Gasteiger partial charge in [0.2, 0.25) is 5.91 Å². The minimum Gasteiger partial charge on any atom is -0.376 e. The molecule has 2 aromatic carbocycles. The van der Waals surface area contributed by atoms with Gasteiger partial charge in [0.05, 0.1) is 12.6 Å². The molecule has 3 atom stereocenters. The second-order valence-corrected chi connectivity index (χ2v) is 7.71. The van der Waals surface area contributed by atoms with E-state index in [4.69, 9.17) is 5.73 Å². The van der Waals surface area contributed by atoms with Crippen LogP contribution in [0, 0.1) is 5.82 Å². The van der Waals surface area contributed by atoms with E-state index < -0.39 is 12.3 Å². The number of halogens is 1. The number of nitrogens with one attached hydrogen (secondary N) is 1. The molecule has 0 saturated carbocycles. The molecule has 4 N–H and O–H groups in total. The molecule has 8 heteroatoms. The summed E-state index contributed by atoms with van der Waals surface area (Å²) in [6.07, 6.45) is -0.679. The van der Waals surface area contributed by atoms with Gasteiger partial charge in [0, 0.05) is 25.7 Å². The Kier molecular flexibility index (Phi) is 8.67. The van der Waals surface area contributed by atoms with E-state index in [9.17, 15) is 19.1 Å². The van der Waals surface area contributed by atoms with Gasteiger partial charge in [-0.25, -0.2) is 4.39 Å². The molecule has 0 aliphatic rings. The summed E-state index contributed by atoms with van der Waals surface area (Å²) >= 11 is 0. The first kappa shape index (κ1) is 24.5. The van der Waals surface area contributed by atoms with E-state index in [1.54, 1.807) is 51.5 Å². The lowest BCUT2D eigenvalue weighted by Crippen LogP contribution is -2.53. The van der Waals surface area contributed by atoms with E-state index >= 15 is 0 Å². The van der Waals surface area contributed by atoms with E-state index in [-0.39, 0.29) is 30.2 Å². The van der Waals surface area contributed by atoms with Crippen molar-refractivity contribution < 1.29 is 19.1 Å². The lowest BCUT2D eigenvalue weighted by atomic mass is 10.0. The van der Waals surface area contributed by atoms with Crippen LogP contribution in [0.5, 0.6) is 0 Å². The van der Waals surface area contributed by atoms with Crippen LogP contribution in [0.2, 0.25) is 0 Å². The van der Waals surface area contributed by atoms with Gasteiger partial charge < -0.3 is 20.6 Å². The summed E-state index contributed by atoms with van der Waals surface area (Å²) in [6, 6.07) is 12.1. The van der Waals surface area contributed by atoms with Gasteiger partial charge in [-0.2, -0.15) is 0 Å². The Morgan fingerprint density at radius 3 is 2.39 bits per heavy atom. The number of benzene rings is 2. The predicted molar refractivity (Wildman–Crippen MR) is 118 cm³/mol. The minimum absolute atomic E-state index is 0.159. The Morgan fingerprint density at radius 2 is 1.81 bits per heavy atom. The molecule has 168 valence electrons. The molecular weight excluding hydrogens is 399 g/mol. The van der Waals surface area contributed by atoms with Gasteiger partial charge in [-0.05, 0) is 55.8 Å². The zero-order valence-corrected chi connectivity index (χ0v) is 18.4. The third-order valence-corrected chi connectivity index (χ3v) is 5.29. The maximum absolute atomic E-state index is 13.2. The molecular formula is C23H31FN4O3. The molecule has 0 fully saturated rings. The number of aliphatic hydroxyl groups is 1. The monoisotopic (exact) mass is 430 g/mol. The van der Waals surface area contributed by atoms with Crippen molar-refractivity contribution in [2.75, 3.05) is 27.7 Å². The van der Waals surface area contributed by atoms with Gasteiger partial charge in [-0.15, -0.1) is 0 Å². The van der Waals surface area contributed by atoms with E-state index in [2.05, 4.69) is 5.32 Å². The van der Waals surface area contributed by atoms with Crippen molar-refractivity contribution in [2.24, 2.45) is 5.73 Å². The van der Waals surface area contributed by atoms with Crippen molar-refractivity contribution in [3.63, 3.8) is 0 Å². The first-order chi connectivity index (χ1) is 14.6. The fourth-order valence-corrected chi connectivity index (χ4v) is 3.26. The maximum atomic E-state index is 13.2. The second-order valence-electron chi connectivity index (χ2n) is 7.71. The zero-order chi connectivity index (χ0) is 23.1. The smallest absolute Gasteiger partial charge is 0.254 e. The van der Waals surface area contributed by atoms with Crippen LogP contribution in [0.4, 0.5) is 4.39 Å². The molecule has 0 aliphatic carbocycles. The lowest BCUT2D eigenvalue weighted by molar-refractivity contribution is -0.135. The SMILES string of the molecule is CNC(O)[C@@H](Cc1ccc(F)cc1)N(C)C(=O)CN(C)C(=O)c1cccc(C(C)N)c1. The van der Waals surface area contributed by atoms with Crippen LogP contribution in [0.1, 0.15) is 34.5 Å². The summed E-state index contributed by atoms with van der Waals surface area (Å²) in [5, 5.41) is 13.1. The fourth-order valence-electron chi connectivity index (χ4n) is 3.26. The minimum atomic E-state index is -0.997. The normalized spacial score (nSPS) is 13.9. The Balaban J connectivity index is 2.10. The molecule has 2 unspecified atom stereocenters. The molecule has 0 saturated heterocycles. The molecule has 0 heterocycles. The predicted octanol–water partition coefficient (Wildman–Crippen LogP) is 1.52. The summed E-state index contributed by atoms with van der Waals surface area (Å²) in [5.74, 6) is -0.985. The first-order valence-corrected chi connectivity index (χ1v) is 10.1. The average Bonchev–Trinajstić information content (AvgIpc) is 2.77. The number of amides is 2. The standard InChI is InChI=1S/C23H31FN4O3/c1-15(25)17-6-5-7-18(13-17)23(31)27(3)14-21(29)28(4)20(22(30)26-2)12-16-8-10-19(24)11-9-16/h5-11,13,15,20,22,26,30H,12,14,25H2,1-4H3/t15?,20-,22?/m1/s1. The number of hydrogen-bond donors (Lipinski definition) is 3. The summed E-state index contributed by atoms with van der Waals surface area (Å²) in [7, 11) is 4.71. The summed E-state index contributed by atoms with van der Waals surface area (Å²) in [5.41, 5.74) is 7.95.